The Bertz CT molecular complexity index is 1960. The van der Waals surface area contributed by atoms with E-state index in [1.54, 1.807) is 12.3 Å². The van der Waals surface area contributed by atoms with Gasteiger partial charge in [-0.2, -0.15) is 9.78 Å². The number of hydrogen-bond donors (Lipinski definition) is 0. The highest BCUT2D eigenvalue weighted by Crippen LogP contribution is 2.29. The summed E-state index contributed by atoms with van der Waals surface area (Å²) >= 11 is 3.51. The summed E-state index contributed by atoms with van der Waals surface area (Å²) in [5.74, 6) is 1.63. The Labute approximate surface area is 239 Å². The molecule has 0 aliphatic heterocycles. The average Bonchev–Trinajstić information content (AvgIpc) is 3.47. The van der Waals surface area contributed by atoms with Crippen molar-refractivity contribution in [1.29, 1.82) is 0 Å². The van der Waals surface area contributed by atoms with Crippen LogP contribution in [0.4, 0.5) is 0 Å². The smallest absolute Gasteiger partial charge is 0.282 e. The fourth-order valence-electron chi connectivity index (χ4n) is 4.90. The number of nitrogens with zero attached hydrogens (tertiary/aromatic N) is 4. The molecule has 40 heavy (non-hydrogen) atoms. The van der Waals surface area contributed by atoms with Gasteiger partial charge in [-0.25, -0.2) is 4.98 Å². The summed E-state index contributed by atoms with van der Waals surface area (Å²) in [7, 11) is 0. The topological polar surface area (TPSA) is 74.5 Å². The van der Waals surface area contributed by atoms with Crippen molar-refractivity contribution in [3.8, 4) is 23.0 Å². The van der Waals surface area contributed by atoms with Crippen LogP contribution in [0.1, 0.15) is 30.8 Å². The minimum absolute atomic E-state index is 0.114. The van der Waals surface area contributed by atoms with Crippen LogP contribution in [0, 0.1) is 13.8 Å². The van der Waals surface area contributed by atoms with E-state index in [-0.39, 0.29) is 11.7 Å². The summed E-state index contributed by atoms with van der Waals surface area (Å²) in [6, 6.07) is 25.0. The molecule has 0 aliphatic rings. The number of ether oxygens (including phenoxy) is 1. The third-order valence-electron chi connectivity index (χ3n) is 6.70. The van der Waals surface area contributed by atoms with Gasteiger partial charge >= 0.3 is 0 Å². The van der Waals surface area contributed by atoms with Crippen molar-refractivity contribution in [2.45, 2.75) is 33.8 Å². The molecule has 200 valence electrons. The predicted molar refractivity (Wildman–Crippen MR) is 163 cm³/mol. The predicted octanol–water partition coefficient (Wildman–Crippen LogP) is 7.65. The lowest BCUT2D eigenvalue weighted by atomic mass is 10.2. The first-order chi connectivity index (χ1) is 19.3. The van der Waals surface area contributed by atoms with E-state index in [4.69, 9.17) is 14.1 Å². The van der Waals surface area contributed by atoms with Gasteiger partial charge in [-0.3, -0.25) is 4.79 Å². The van der Waals surface area contributed by atoms with Crippen molar-refractivity contribution in [3.63, 3.8) is 0 Å². The van der Waals surface area contributed by atoms with E-state index < -0.39 is 0 Å². The number of rotatable bonds is 6. The fraction of sp³-hybridized carbons (Fsp3) is 0.156. The zero-order valence-electron chi connectivity index (χ0n) is 22.6. The standard InChI is InChI=1S/C32H27BrN4O3/c1-19(2)39-26-12-10-25(11-13-26)36-20(3)15-23(21(36)4)18-34-37-31(35-28-8-6-5-7-27(28)32(37)38)30-17-22-16-24(33)9-14-29(22)40-30/h5-19H,1-4H3. The van der Waals surface area contributed by atoms with Crippen LogP contribution < -0.4 is 10.3 Å². The Kier molecular flexibility index (Phi) is 6.64. The van der Waals surface area contributed by atoms with Crippen molar-refractivity contribution in [2.75, 3.05) is 0 Å². The molecule has 0 unspecified atom stereocenters. The van der Waals surface area contributed by atoms with Crippen LogP contribution in [0.5, 0.6) is 5.75 Å². The minimum atomic E-state index is -0.270. The van der Waals surface area contributed by atoms with Crippen molar-refractivity contribution >= 4 is 44.0 Å². The normalized spacial score (nSPS) is 11.8. The van der Waals surface area contributed by atoms with Crippen LogP contribution >= 0.6 is 15.9 Å². The van der Waals surface area contributed by atoms with E-state index in [0.29, 0.717) is 28.1 Å². The van der Waals surface area contributed by atoms with Crippen LogP contribution in [-0.4, -0.2) is 26.5 Å². The molecular formula is C32H27BrN4O3. The zero-order valence-corrected chi connectivity index (χ0v) is 24.1. The number of benzene rings is 3. The van der Waals surface area contributed by atoms with Crippen LogP contribution in [0.2, 0.25) is 0 Å². The summed E-state index contributed by atoms with van der Waals surface area (Å²) in [5, 5.41) is 6.04. The molecule has 0 bridgehead atoms. The Hall–Kier alpha value is -4.43. The third-order valence-corrected chi connectivity index (χ3v) is 7.20. The highest BCUT2D eigenvalue weighted by Gasteiger charge is 2.17. The lowest BCUT2D eigenvalue weighted by Crippen LogP contribution is -2.20. The van der Waals surface area contributed by atoms with E-state index in [1.807, 2.05) is 94.4 Å². The first-order valence-corrected chi connectivity index (χ1v) is 13.8. The molecule has 3 heterocycles. The number of halogens is 1. The molecule has 3 aromatic carbocycles. The molecule has 6 rings (SSSR count). The van der Waals surface area contributed by atoms with E-state index >= 15 is 0 Å². The molecule has 0 spiro atoms. The average molecular weight is 595 g/mol. The molecule has 6 aromatic rings. The van der Waals surface area contributed by atoms with Gasteiger partial charge in [0.15, 0.2) is 5.76 Å². The maximum absolute atomic E-state index is 13.6. The fourth-order valence-corrected chi connectivity index (χ4v) is 5.28. The molecule has 0 amide bonds. The quantitative estimate of drug-likeness (QED) is 0.186. The number of aromatic nitrogens is 3. The van der Waals surface area contributed by atoms with E-state index in [0.717, 1.165) is 38.2 Å². The van der Waals surface area contributed by atoms with Crippen LogP contribution in [0.25, 0.3) is 39.1 Å². The van der Waals surface area contributed by atoms with Gasteiger partial charge < -0.3 is 13.7 Å². The number of aryl methyl sites for hydroxylation is 1. The van der Waals surface area contributed by atoms with Crippen molar-refractivity contribution in [1.82, 2.24) is 14.2 Å². The number of fused-ring (bicyclic) bond motifs is 2. The zero-order chi connectivity index (χ0) is 28.0. The molecule has 3 aromatic heterocycles. The molecule has 8 heteroatoms. The molecule has 0 aliphatic carbocycles. The second kappa shape index (κ2) is 10.3. The Morgan fingerprint density at radius 2 is 1.77 bits per heavy atom. The van der Waals surface area contributed by atoms with E-state index in [1.165, 1.54) is 4.68 Å². The highest BCUT2D eigenvalue weighted by atomic mass is 79.9. The van der Waals surface area contributed by atoms with E-state index in [2.05, 4.69) is 31.7 Å². The number of para-hydroxylation sites is 1. The molecule has 0 saturated carbocycles. The maximum atomic E-state index is 13.6. The lowest BCUT2D eigenvalue weighted by Gasteiger charge is -2.13. The van der Waals surface area contributed by atoms with Gasteiger partial charge in [-0.15, -0.1) is 0 Å². The molecule has 0 radical (unpaired) electrons. The SMILES string of the molecule is Cc1cc(C=Nn2c(-c3cc4cc(Br)ccc4o3)nc3ccccc3c2=O)c(C)n1-c1ccc(OC(C)C)cc1. The first-order valence-electron chi connectivity index (χ1n) is 13.0. The van der Waals surface area contributed by atoms with Crippen molar-refractivity contribution < 1.29 is 9.15 Å². The number of hydrogen-bond acceptors (Lipinski definition) is 5. The highest BCUT2D eigenvalue weighted by molar-refractivity contribution is 9.10. The molecule has 0 fully saturated rings. The van der Waals surface area contributed by atoms with Gasteiger partial charge in [0.25, 0.3) is 5.56 Å². The Morgan fingerprint density at radius 1 is 1.00 bits per heavy atom. The van der Waals surface area contributed by atoms with E-state index in [9.17, 15) is 4.79 Å². The maximum Gasteiger partial charge on any atom is 0.282 e. The summed E-state index contributed by atoms with van der Waals surface area (Å²) in [5.41, 5.74) is 4.96. The van der Waals surface area contributed by atoms with Gasteiger partial charge in [0, 0.05) is 32.5 Å². The monoisotopic (exact) mass is 594 g/mol. The summed E-state index contributed by atoms with van der Waals surface area (Å²) in [6.07, 6.45) is 1.82. The van der Waals surface area contributed by atoms with Gasteiger partial charge in [-0.1, -0.05) is 28.1 Å². The molecule has 7 nitrogen and oxygen atoms in total. The second-order valence-corrected chi connectivity index (χ2v) is 10.8. The minimum Gasteiger partial charge on any atom is -0.491 e. The lowest BCUT2D eigenvalue weighted by molar-refractivity contribution is 0.242. The van der Waals surface area contributed by atoms with Gasteiger partial charge in [-0.05, 0) is 94.4 Å². The summed E-state index contributed by atoms with van der Waals surface area (Å²) in [4.78, 5) is 18.4. The molecule has 0 saturated heterocycles. The third kappa shape index (κ3) is 4.75. The molecular weight excluding hydrogens is 568 g/mol. The van der Waals surface area contributed by atoms with Gasteiger partial charge in [0.1, 0.15) is 11.3 Å². The Morgan fingerprint density at radius 3 is 2.55 bits per heavy atom. The van der Waals surface area contributed by atoms with Crippen molar-refractivity contribution in [3.05, 3.63) is 111 Å². The summed E-state index contributed by atoms with van der Waals surface area (Å²) < 4.78 is 16.3. The van der Waals surface area contributed by atoms with Crippen LogP contribution in [0.15, 0.2) is 97.6 Å². The summed E-state index contributed by atoms with van der Waals surface area (Å²) in [6.45, 7) is 8.10. The largest absolute Gasteiger partial charge is 0.491 e. The molecule has 0 atom stereocenters. The molecule has 0 N–H and O–H groups in total. The van der Waals surface area contributed by atoms with Gasteiger partial charge in [0.2, 0.25) is 5.82 Å². The van der Waals surface area contributed by atoms with Gasteiger partial charge in [0.05, 0.1) is 23.2 Å². The van der Waals surface area contributed by atoms with Crippen molar-refractivity contribution in [2.24, 2.45) is 5.10 Å². The van der Waals surface area contributed by atoms with Crippen LogP contribution in [-0.2, 0) is 0 Å². The van der Waals surface area contributed by atoms with Crippen LogP contribution in [0.3, 0.4) is 0 Å². The Balaban J connectivity index is 1.44. The number of furan rings is 1. The first kappa shape index (κ1) is 25.8. The second-order valence-electron chi connectivity index (χ2n) is 9.93.